The van der Waals surface area contributed by atoms with E-state index in [4.69, 9.17) is 0 Å². The van der Waals surface area contributed by atoms with E-state index in [1.165, 1.54) is 10.3 Å². The lowest BCUT2D eigenvalue weighted by molar-refractivity contribution is 0.0992. The van der Waals surface area contributed by atoms with Gasteiger partial charge in [-0.15, -0.1) is 0 Å². The predicted octanol–water partition coefficient (Wildman–Crippen LogP) is 3.59. The molecule has 5 nitrogen and oxygen atoms in total. The predicted molar refractivity (Wildman–Crippen MR) is 105 cm³/mol. The summed E-state index contributed by atoms with van der Waals surface area (Å²) in [5.74, 6) is 0.695. The van der Waals surface area contributed by atoms with Crippen LogP contribution < -0.4 is 4.80 Å². The Kier molecular flexibility index (Phi) is 5.75. The maximum Gasteiger partial charge on any atom is 0.300 e. The molecule has 25 heavy (non-hydrogen) atoms. The average molecular weight is 375 g/mol. The quantitative estimate of drug-likeness (QED) is 0.663. The van der Waals surface area contributed by atoms with E-state index in [1.807, 2.05) is 13.1 Å². The standard InChI is InChI=1S/C18H22N4OS2/c1-4-13-6-7-15-16(12-13)25-18(22(15)10-11-24-3)19-17(23)14-8-9-21(5-2)20-14/h6-9,12H,4-5,10-11H2,1-3H3. The SMILES string of the molecule is CCc1ccc2c(c1)sc(=NC(=O)c1ccn(CC)n1)n2CCSC. The van der Waals surface area contributed by atoms with Gasteiger partial charge in [-0.1, -0.05) is 24.3 Å². The summed E-state index contributed by atoms with van der Waals surface area (Å²) in [6, 6.07) is 8.22. The number of thiazole rings is 1. The summed E-state index contributed by atoms with van der Waals surface area (Å²) in [5.41, 5.74) is 2.83. The number of carbonyl (C=O) groups excluding carboxylic acids is 1. The summed E-state index contributed by atoms with van der Waals surface area (Å²) in [4.78, 5) is 17.6. The van der Waals surface area contributed by atoms with Crippen molar-refractivity contribution in [1.82, 2.24) is 14.3 Å². The third-order valence-electron chi connectivity index (χ3n) is 4.06. The summed E-state index contributed by atoms with van der Waals surface area (Å²) in [6.45, 7) is 5.72. The molecule has 3 aromatic rings. The summed E-state index contributed by atoms with van der Waals surface area (Å²) in [6.07, 6.45) is 4.89. The molecule has 7 heteroatoms. The third kappa shape index (κ3) is 3.88. The largest absolute Gasteiger partial charge is 0.316 e. The molecule has 0 aliphatic rings. The number of aryl methyl sites for hydroxylation is 3. The molecule has 0 radical (unpaired) electrons. The Morgan fingerprint density at radius 3 is 2.84 bits per heavy atom. The van der Waals surface area contributed by atoms with Gasteiger partial charge >= 0.3 is 0 Å². The van der Waals surface area contributed by atoms with Crippen molar-refractivity contribution in [3.05, 3.63) is 46.5 Å². The van der Waals surface area contributed by atoms with E-state index in [9.17, 15) is 4.79 Å². The van der Waals surface area contributed by atoms with Crippen LogP contribution in [0.5, 0.6) is 0 Å². The van der Waals surface area contributed by atoms with Crippen molar-refractivity contribution in [2.24, 2.45) is 4.99 Å². The lowest BCUT2D eigenvalue weighted by atomic mass is 10.2. The number of hydrogen-bond donors (Lipinski definition) is 0. The molecule has 0 bridgehead atoms. The van der Waals surface area contributed by atoms with E-state index in [-0.39, 0.29) is 5.91 Å². The van der Waals surface area contributed by atoms with Gasteiger partial charge in [-0.2, -0.15) is 21.9 Å². The van der Waals surface area contributed by atoms with Crippen molar-refractivity contribution >= 4 is 39.2 Å². The van der Waals surface area contributed by atoms with Gasteiger partial charge in [0.25, 0.3) is 5.91 Å². The second-order valence-electron chi connectivity index (χ2n) is 5.66. The lowest BCUT2D eigenvalue weighted by Gasteiger charge is -2.04. The molecule has 0 aliphatic heterocycles. The number of amides is 1. The van der Waals surface area contributed by atoms with Crippen LogP contribution in [0, 0.1) is 0 Å². The highest BCUT2D eigenvalue weighted by Crippen LogP contribution is 2.20. The summed E-state index contributed by atoms with van der Waals surface area (Å²) in [7, 11) is 0. The number of thioether (sulfide) groups is 1. The first kappa shape index (κ1) is 17.9. The highest BCUT2D eigenvalue weighted by molar-refractivity contribution is 7.98. The molecule has 0 atom stereocenters. The van der Waals surface area contributed by atoms with Crippen LogP contribution in [-0.4, -0.2) is 32.3 Å². The molecule has 0 aliphatic carbocycles. The van der Waals surface area contributed by atoms with Crippen LogP contribution in [0.1, 0.15) is 29.9 Å². The first-order chi connectivity index (χ1) is 12.2. The number of rotatable bonds is 6. The molecule has 3 rings (SSSR count). The van der Waals surface area contributed by atoms with Gasteiger partial charge in [-0.3, -0.25) is 9.48 Å². The second-order valence-corrected chi connectivity index (χ2v) is 7.65. The van der Waals surface area contributed by atoms with E-state index in [1.54, 1.807) is 33.8 Å². The Balaban J connectivity index is 2.07. The number of nitrogens with zero attached hydrogens (tertiary/aromatic N) is 4. The molecule has 2 heterocycles. The van der Waals surface area contributed by atoms with Gasteiger partial charge in [0, 0.05) is 25.0 Å². The van der Waals surface area contributed by atoms with Gasteiger partial charge in [0.2, 0.25) is 0 Å². The van der Waals surface area contributed by atoms with Gasteiger partial charge in [-0.05, 0) is 43.4 Å². The number of carbonyl (C=O) groups is 1. The fourth-order valence-corrected chi connectivity index (χ4v) is 4.10. The molecular formula is C18H22N4OS2. The second kappa shape index (κ2) is 8.01. The molecule has 132 valence electrons. The van der Waals surface area contributed by atoms with Gasteiger partial charge in [-0.25, -0.2) is 0 Å². The van der Waals surface area contributed by atoms with Crippen LogP contribution in [0.4, 0.5) is 0 Å². The Morgan fingerprint density at radius 2 is 2.16 bits per heavy atom. The zero-order valence-electron chi connectivity index (χ0n) is 14.7. The molecule has 1 amide bonds. The monoisotopic (exact) mass is 374 g/mol. The number of hydrogen-bond acceptors (Lipinski definition) is 4. The Morgan fingerprint density at radius 1 is 1.32 bits per heavy atom. The van der Waals surface area contributed by atoms with Crippen LogP contribution in [0.3, 0.4) is 0 Å². The minimum absolute atomic E-state index is 0.285. The first-order valence-electron chi connectivity index (χ1n) is 8.40. The van der Waals surface area contributed by atoms with Crippen molar-refractivity contribution in [2.45, 2.75) is 33.4 Å². The highest BCUT2D eigenvalue weighted by atomic mass is 32.2. The van der Waals surface area contributed by atoms with Crippen molar-refractivity contribution in [3.63, 3.8) is 0 Å². The van der Waals surface area contributed by atoms with Gasteiger partial charge in [0.1, 0.15) is 0 Å². The molecule has 0 spiro atoms. The maximum absolute atomic E-state index is 12.5. The van der Waals surface area contributed by atoms with Crippen molar-refractivity contribution < 1.29 is 4.79 Å². The number of fused-ring (bicyclic) bond motifs is 1. The summed E-state index contributed by atoms with van der Waals surface area (Å²) >= 11 is 3.36. The minimum atomic E-state index is -0.285. The zero-order valence-corrected chi connectivity index (χ0v) is 16.4. The van der Waals surface area contributed by atoms with E-state index in [0.717, 1.165) is 35.6 Å². The molecule has 0 saturated carbocycles. The lowest BCUT2D eigenvalue weighted by Crippen LogP contribution is -2.18. The van der Waals surface area contributed by atoms with Gasteiger partial charge in [0.15, 0.2) is 10.5 Å². The molecule has 0 saturated heterocycles. The minimum Gasteiger partial charge on any atom is -0.316 e. The van der Waals surface area contributed by atoms with E-state index < -0.39 is 0 Å². The number of benzene rings is 1. The van der Waals surface area contributed by atoms with Crippen LogP contribution >= 0.6 is 23.1 Å². The summed E-state index contributed by atoms with van der Waals surface area (Å²) < 4.78 is 5.05. The number of aromatic nitrogens is 3. The van der Waals surface area contributed by atoms with Gasteiger partial charge < -0.3 is 4.57 Å². The van der Waals surface area contributed by atoms with Crippen molar-refractivity contribution in [1.29, 1.82) is 0 Å². The fraction of sp³-hybridized carbons (Fsp3) is 0.389. The molecule has 0 unspecified atom stereocenters. The first-order valence-corrected chi connectivity index (χ1v) is 10.6. The van der Waals surface area contributed by atoms with Crippen molar-refractivity contribution in [3.8, 4) is 0 Å². The molecule has 2 aromatic heterocycles. The van der Waals surface area contributed by atoms with E-state index >= 15 is 0 Å². The van der Waals surface area contributed by atoms with Crippen LogP contribution in [-0.2, 0) is 19.5 Å². The molecule has 1 aromatic carbocycles. The van der Waals surface area contributed by atoms with Crippen LogP contribution in [0.25, 0.3) is 10.2 Å². The van der Waals surface area contributed by atoms with E-state index in [0.29, 0.717) is 5.69 Å². The van der Waals surface area contributed by atoms with Crippen LogP contribution in [0.2, 0.25) is 0 Å². The average Bonchev–Trinajstić information content (AvgIpc) is 3.23. The smallest absolute Gasteiger partial charge is 0.300 e. The fourth-order valence-electron chi connectivity index (χ4n) is 2.62. The topological polar surface area (TPSA) is 52.2 Å². The maximum atomic E-state index is 12.5. The third-order valence-corrected chi connectivity index (χ3v) is 5.69. The molecule has 0 N–H and O–H groups in total. The van der Waals surface area contributed by atoms with Gasteiger partial charge in [0.05, 0.1) is 10.2 Å². The van der Waals surface area contributed by atoms with Crippen LogP contribution in [0.15, 0.2) is 35.5 Å². The van der Waals surface area contributed by atoms with E-state index in [2.05, 4.69) is 46.0 Å². The zero-order chi connectivity index (χ0) is 17.8. The normalized spacial score (nSPS) is 12.2. The Hall–Kier alpha value is -1.86. The van der Waals surface area contributed by atoms with Crippen molar-refractivity contribution in [2.75, 3.05) is 12.0 Å². The molecular weight excluding hydrogens is 352 g/mol. The highest BCUT2D eigenvalue weighted by Gasteiger charge is 2.11. The Bertz CT molecular complexity index is 952. The summed E-state index contributed by atoms with van der Waals surface area (Å²) in [5, 5.41) is 4.26. The molecule has 0 fully saturated rings. The Labute approximate surface area is 155 Å².